The molecular formula is C16H23N5O2S. The Balaban J connectivity index is 1.46. The van der Waals surface area contributed by atoms with Gasteiger partial charge in [0.05, 0.1) is 12.2 Å². The van der Waals surface area contributed by atoms with Crippen LogP contribution in [0.5, 0.6) is 0 Å². The summed E-state index contributed by atoms with van der Waals surface area (Å²) in [5, 5.41) is 15.9. The highest BCUT2D eigenvalue weighted by atomic mass is 32.1. The topological polar surface area (TPSA) is 83.3 Å². The Kier molecular flexibility index (Phi) is 5.27. The largest absolute Gasteiger partial charge is 0.385 e. The molecule has 1 atom stereocenters. The van der Waals surface area contributed by atoms with E-state index in [9.17, 15) is 9.90 Å². The standard InChI is InChI=1S/C16H23N5O2S/c1-11-10-24-16(18-11)19-13(22)9-21-6-3-12(4-7-21)14(23)15-17-5-8-20(15)2/h5,8,10,12,14,23H,3-4,6-7,9H2,1-2H3,(H,18,19,22)/t14-/m0/s1. The average Bonchev–Trinajstić information content (AvgIpc) is 3.15. The fraction of sp³-hybridized carbons (Fsp3) is 0.562. The van der Waals surface area contributed by atoms with E-state index < -0.39 is 6.10 Å². The average molecular weight is 349 g/mol. The van der Waals surface area contributed by atoms with Gasteiger partial charge in [-0.2, -0.15) is 0 Å². The molecule has 0 unspecified atom stereocenters. The molecule has 3 rings (SSSR count). The molecule has 130 valence electrons. The van der Waals surface area contributed by atoms with Gasteiger partial charge in [-0.3, -0.25) is 9.69 Å². The van der Waals surface area contributed by atoms with Crippen LogP contribution in [0.25, 0.3) is 0 Å². The minimum Gasteiger partial charge on any atom is -0.385 e. The predicted molar refractivity (Wildman–Crippen MR) is 92.8 cm³/mol. The lowest BCUT2D eigenvalue weighted by Crippen LogP contribution is -2.40. The van der Waals surface area contributed by atoms with Crippen LogP contribution in [0, 0.1) is 12.8 Å². The third kappa shape index (κ3) is 4.00. The number of carbonyl (C=O) groups is 1. The molecule has 2 aromatic heterocycles. The lowest BCUT2D eigenvalue weighted by Gasteiger charge is -2.33. The number of thiazole rings is 1. The van der Waals surface area contributed by atoms with Crippen LogP contribution in [0.2, 0.25) is 0 Å². The minimum atomic E-state index is -0.542. The molecule has 3 heterocycles. The zero-order valence-electron chi connectivity index (χ0n) is 14.0. The Bertz CT molecular complexity index is 690. The van der Waals surface area contributed by atoms with E-state index in [0.717, 1.165) is 31.6 Å². The fourth-order valence-electron chi connectivity index (χ4n) is 3.07. The molecule has 0 radical (unpaired) electrons. The summed E-state index contributed by atoms with van der Waals surface area (Å²) in [7, 11) is 1.89. The maximum absolute atomic E-state index is 12.1. The number of aryl methyl sites for hydroxylation is 2. The third-order valence-corrected chi connectivity index (χ3v) is 5.31. The third-order valence-electron chi connectivity index (χ3n) is 4.43. The van der Waals surface area contributed by atoms with Gasteiger partial charge in [-0.05, 0) is 38.8 Å². The summed E-state index contributed by atoms with van der Waals surface area (Å²) >= 11 is 1.44. The van der Waals surface area contributed by atoms with Crippen LogP contribution in [0.1, 0.15) is 30.5 Å². The number of amides is 1. The molecular weight excluding hydrogens is 326 g/mol. The molecule has 1 aliphatic heterocycles. The van der Waals surface area contributed by atoms with Crippen molar-refractivity contribution in [2.24, 2.45) is 13.0 Å². The first-order chi connectivity index (χ1) is 11.5. The van der Waals surface area contributed by atoms with E-state index in [1.165, 1.54) is 11.3 Å². The summed E-state index contributed by atoms with van der Waals surface area (Å²) in [6, 6.07) is 0. The molecule has 1 aliphatic rings. The SMILES string of the molecule is Cc1csc(NC(=O)CN2CCC([C@H](O)c3nccn3C)CC2)n1. The van der Waals surface area contributed by atoms with E-state index in [2.05, 4.69) is 20.2 Å². The molecule has 0 aromatic carbocycles. The number of aromatic nitrogens is 3. The first kappa shape index (κ1) is 17.1. The molecule has 0 bridgehead atoms. The second-order valence-electron chi connectivity index (χ2n) is 6.30. The van der Waals surface area contributed by atoms with E-state index in [-0.39, 0.29) is 11.8 Å². The highest BCUT2D eigenvalue weighted by Crippen LogP contribution is 2.29. The number of imidazole rings is 1. The van der Waals surface area contributed by atoms with Gasteiger partial charge in [0, 0.05) is 24.8 Å². The van der Waals surface area contributed by atoms with Gasteiger partial charge < -0.3 is 15.0 Å². The van der Waals surface area contributed by atoms with E-state index >= 15 is 0 Å². The Hall–Kier alpha value is -1.77. The molecule has 0 aliphatic carbocycles. The fourth-order valence-corrected chi connectivity index (χ4v) is 3.78. The molecule has 2 N–H and O–H groups in total. The number of anilines is 1. The predicted octanol–water partition coefficient (Wildman–Crippen LogP) is 1.57. The molecule has 1 saturated heterocycles. The van der Waals surface area contributed by atoms with Gasteiger partial charge in [-0.15, -0.1) is 11.3 Å². The number of piperidine rings is 1. The van der Waals surface area contributed by atoms with Gasteiger partial charge in [-0.1, -0.05) is 0 Å². The second-order valence-corrected chi connectivity index (χ2v) is 7.16. The number of hydrogen-bond donors (Lipinski definition) is 2. The Labute approximate surface area is 145 Å². The summed E-state index contributed by atoms with van der Waals surface area (Å²) in [6.45, 7) is 3.88. The molecule has 2 aromatic rings. The number of carbonyl (C=O) groups excluding carboxylic acids is 1. The maximum Gasteiger partial charge on any atom is 0.240 e. The van der Waals surface area contributed by atoms with Gasteiger partial charge in [0.1, 0.15) is 11.9 Å². The Morgan fingerprint density at radius 2 is 2.25 bits per heavy atom. The van der Waals surface area contributed by atoms with Crippen molar-refractivity contribution in [1.29, 1.82) is 0 Å². The van der Waals surface area contributed by atoms with E-state index in [1.807, 2.05) is 30.1 Å². The molecule has 24 heavy (non-hydrogen) atoms. The van der Waals surface area contributed by atoms with Crippen LogP contribution < -0.4 is 5.32 Å². The molecule has 7 nitrogen and oxygen atoms in total. The van der Waals surface area contributed by atoms with Crippen LogP contribution in [0.15, 0.2) is 17.8 Å². The van der Waals surface area contributed by atoms with E-state index in [0.29, 0.717) is 17.5 Å². The summed E-state index contributed by atoms with van der Waals surface area (Å²) in [4.78, 5) is 22.7. The smallest absolute Gasteiger partial charge is 0.240 e. The van der Waals surface area contributed by atoms with Crippen LogP contribution in [-0.4, -0.2) is 50.1 Å². The maximum atomic E-state index is 12.1. The van der Waals surface area contributed by atoms with E-state index in [1.54, 1.807) is 6.20 Å². The first-order valence-corrected chi connectivity index (χ1v) is 9.00. The van der Waals surface area contributed by atoms with Crippen molar-refractivity contribution in [2.45, 2.75) is 25.9 Å². The van der Waals surface area contributed by atoms with Gasteiger partial charge in [0.25, 0.3) is 0 Å². The van der Waals surface area contributed by atoms with Crippen LogP contribution in [0.3, 0.4) is 0 Å². The van der Waals surface area contributed by atoms with Crippen molar-refractivity contribution in [3.05, 3.63) is 29.3 Å². The minimum absolute atomic E-state index is 0.0348. The zero-order chi connectivity index (χ0) is 17.1. The molecule has 8 heteroatoms. The number of likely N-dealkylation sites (tertiary alicyclic amines) is 1. The second kappa shape index (κ2) is 7.42. The normalized spacial score (nSPS) is 17.8. The molecule has 0 saturated carbocycles. The number of nitrogens with one attached hydrogen (secondary N) is 1. The monoisotopic (exact) mass is 349 g/mol. The van der Waals surface area contributed by atoms with Gasteiger partial charge in [0.2, 0.25) is 5.91 Å². The number of aliphatic hydroxyl groups is 1. The Morgan fingerprint density at radius 3 is 2.83 bits per heavy atom. The molecule has 1 fully saturated rings. The van der Waals surface area contributed by atoms with E-state index in [4.69, 9.17) is 0 Å². The lowest BCUT2D eigenvalue weighted by molar-refractivity contribution is -0.117. The first-order valence-electron chi connectivity index (χ1n) is 8.12. The Morgan fingerprint density at radius 1 is 1.50 bits per heavy atom. The molecule has 1 amide bonds. The molecule has 0 spiro atoms. The van der Waals surface area contributed by atoms with Crippen molar-refractivity contribution in [2.75, 3.05) is 25.0 Å². The highest BCUT2D eigenvalue weighted by Gasteiger charge is 2.29. The summed E-state index contributed by atoms with van der Waals surface area (Å²) in [5.41, 5.74) is 0.916. The summed E-state index contributed by atoms with van der Waals surface area (Å²) in [5.74, 6) is 0.866. The van der Waals surface area contributed by atoms with Crippen LogP contribution in [-0.2, 0) is 11.8 Å². The number of hydrogen-bond acceptors (Lipinski definition) is 6. The van der Waals surface area contributed by atoms with Crippen molar-refractivity contribution < 1.29 is 9.90 Å². The van der Waals surface area contributed by atoms with Gasteiger partial charge in [0.15, 0.2) is 5.13 Å². The number of rotatable bonds is 5. The number of nitrogens with zero attached hydrogens (tertiary/aromatic N) is 4. The quantitative estimate of drug-likeness (QED) is 0.856. The van der Waals surface area contributed by atoms with Crippen molar-refractivity contribution in [3.63, 3.8) is 0 Å². The lowest BCUT2D eigenvalue weighted by atomic mass is 9.90. The summed E-state index contributed by atoms with van der Waals surface area (Å²) in [6.07, 6.45) is 4.73. The highest BCUT2D eigenvalue weighted by molar-refractivity contribution is 7.13. The summed E-state index contributed by atoms with van der Waals surface area (Å²) < 4.78 is 1.86. The van der Waals surface area contributed by atoms with Crippen molar-refractivity contribution in [1.82, 2.24) is 19.4 Å². The zero-order valence-corrected chi connectivity index (χ0v) is 14.8. The van der Waals surface area contributed by atoms with Gasteiger partial charge in [-0.25, -0.2) is 9.97 Å². The van der Waals surface area contributed by atoms with Crippen molar-refractivity contribution >= 4 is 22.4 Å². The number of aliphatic hydroxyl groups excluding tert-OH is 1. The van der Waals surface area contributed by atoms with Crippen LogP contribution in [0.4, 0.5) is 5.13 Å². The van der Waals surface area contributed by atoms with Crippen molar-refractivity contribution in [3.8, 4) is 0 Å². The van der Waals surface area contributed by atoms with Gasteiger partial charge >= 0.3 is 0 Å². The van der Waals surface area contributed by atoms with Crippen LogP contribution >= 0.6 is 11.3 Å².